The first kappa shape index (κ1) is 13.0. The van der Waals surface area contributed by atoms with Crippen LogP contribution in [0.1, 0.15) is 15.9 Å². The monoisotopic (exact) mass is 279 g/mol. The van der Waals surface area contributed by atoms with Gasteiger partial charge in [0.2, 0.25) is 11.7 Å². The predicted molar refractivity (Wildman–Crippen MR) is 77.3 cm³/mol. The molecule has 0 bridgehead atoms. The molecule has 0 spiro atoms. The second kappa shape index (κ2) is 5.54. The van der Waals surface area contributed by atoms with Crippen molar-refractivity contribution in [2.45, 2.75) is 6.54 Å². The third-order valence-electron chi connectivity index (χ3n) is 3.05. The maximum Gasteiger partial charge on any atom is 0.248 e. The topological polar surface area (TPSA) is 86.7 Å². The van der Waals surface area contributed by atoms with Crippen LogP contribution in [-0.4, -0.2) is 26.1 Å². The molecule has 1 aromatic heterocycles. The van der Waals surface area contributed by atoms with Gasteiger partial charge in [0, 0.05) is 11.1 Å². The smallest absolute Gasteiger partial charge is 0.248 e. The van der Waals surface area contributed by atoms with Crippen LogP contribution in [0.25, 0.3) is 11.4 Å². The molecule has 0 unspecified atom stereocenters. The zero-order chi connectivity index (χ0) is 14.7. The number of hydrogen-bond acceptors (Lipinski definition) is 4. The first-order valence-electron chi connectivity index (χ1n) is 6.44. The lowest BCUT2D eigenvalue weighted by Crippen LogP contribution is -2.10. The van der Waals surface area contributed by atoms with Crippen molar-refractivity contribution in [1.29, 1.82) is 0 Å². The molecule has 0 saturated carbocycles. The Morgan fingerprint density at radius 2 is 1.76 bits per heavy atom. The van der Waals surface area contributed by atoms with Crippen LogP contribution in [0, 0.1) is 0 Å². The molecule has 0 fully saturated rings. The van der Waals surface area contributed by atoms with E-state index in [1.54, 1.807) is 24.3 Å². The zero-order valence-corrected chi connectivity index (χ0v) is 11.2. The lowest BCUT2D eigenvalue weighted by Gasteiger charge is -1.99. The Labute approximate surface area is 121 Å². The fourth-order valence-electron chi connectivity index (χ4n) is 1.96. The molecule has 0 aliphatic carbocycles. The molecule has 3 aromatic rings. The molecule has 21 heavy (non-hydrogen) atoms. The number of nitrogens with two attached hydrogens (primary N) is 1. The third-order valence-corrected chi connectivity index (χ3v) is 3.05. The van der Waals surface area contributed by atoms with Crippen LogP contribution in [-0.2, 0) is 6.54 Å². The SMILES string of the molecule is NC(=O)c1ccc(-c2nnn(Cc3ccccc3)n2)cc1. The summed E-state index contributed by atoms with van der Waals surface area (Å²) in [5.74, 6) is 0.0594. The van der Waals surface area contributed by atoms with Crippen molar-refractivity contribution in [2.75, 3.05) is 0 Å². The minimum atomic E-state index is -0.456. The summed E-state index contributed by atoms with van der Waals surface area (Å²) in [6.45, 7) is 0.563. The van der Waals surface area contributed by atoms with E-state index in [0.717, 1.165) is 11.1 Å². The summed E-state index contributed by atoms with van der Waals surface area (Å²) in [6.07, 6.45) is 0. The molecule has 0 saturated heterocycles. The number of carbonyl (C=O) groups is 1. The molecule has 104 valence electrons. The Morgan fingerprint density at radius 1 is 1.05 bits per heavy atom. The van der Waals surface area contributed by atoms with E-state index in [2.05, 4.69) is 15.4 Å². The van der Waals surface area contributed by atoms with E-state index < -0.39 is 5.91 Å². The van der Waals surface area contributed by atoms with Gasteiger partial charge in [-0.25, -0.2) is 0 Å². The Morgan fingerprint density at radius 3 is 2.43 bits per heavy atom. The number of primary amides is 1. The summed E-state index contributed by atoms with van der Waals surface area (Å²) in [4.78, 5) is 12.6. The fraction of sp³-hybridized carbons (Fsp3) is 0.0667. The van der Waals surface area contributed by atoms with Gasteiger partial charge in [0.15, 0.2) is 0 Å². The molecule has 1 amide bonds. The number of carbonyl (C=O) groups excluding carboxylic acids is 1. The first-order chi connectivity index (χ1) is 10.2. The standard InChI is InChI=1S/C15H13N5O/c16-14(21)12-6-8-13(9-7-12)15-17-19-20(18-15)10-11-4-2-1-3-5-11/h1-9H,10H2,(H2,16,21). The van der Waals surface area contributed by atoms with Crippen molar-refractivity contribution < 1.29 is 4.79 Å². The zero-order valence-electron chi connectivity index (χ0n) is 11.2. The molecule has 0 aliphatic rings. The van der Waals surface area contributed by atoms with Gasteiger partial charge < -0.3 is 5.73 Å². The second-order valence-electron chi connectivity index (χ2n) is 4.57. The normalized spacial score (nSPS) is 10.5. The van der Waals surface area contributed by atoms with Gasteiger partial charge in [-0.1, -0.05) is 42.5 Å². The number of hydrogen-bond donors (Lipinski definition) is 1. The largest absolute Gasteiger partial charge is 0.366 e. The summed E-state index contributed by atoms with van der Waals surface area (Å²) < 4.78 is 0. The first-order valence-corrected chi connectivity index (χ1v) is 6.44. The van der Waals surface area contributed by atoms with E-state index in [0.29, 0.717) is 17.9 Å². The average Bonchev–Trinajstić information content (AvgIpc) is 2.97. The molecule has 0 aliphatic heterocycles. The van der Waals surface area contributed by atoms with E-state index in [-0.39, 0.29) is 0 Å². The summed E-state index contributed by atoms with van der Waals surface area (Å²) in [5, 5.41) is 12.4. The Hall–Kier alpha value is -3.02. The Balaban J connectivity index is 1.80. The quantitative estimate of drug-likeness (QED) is 0.783. The number of tetrazole rings is 1. The van der Waals surface area contributed by atoms with Crippen molar-refractivity contribution >= 4 is 5.91 Å². The minimum Gasteiger partial charge on any atom is -0.366 e. The lowest BCUT2D eigenvalue weighted by atomic mass is 10.1. The number of nitrogens with zero attached hydrogens (tertiary/aromatic N) is 4. The van der Waals surface area contributed by atoms with Crippen LogP contribution in [0.2, 0.25) is 0 Å². The van der Waals surface area contributed by atoms with Gasteiger partial charge in [0.05, 0.1) is 6.54 Å². The molecule has 1 heterocycles. The molecule has 6 heteroatoms. The van der Waals surface area contributed by atoms with Crippen LogP contribution >= 0.6 is 0 Å². The van der Waals surface area contributed by atoms with Gasteiger partial charge in [-0.15, -0.1) is 10.2 Å². The minimum absolute atomic E-state index is 0.454. The van der Waals surface area contributed by atoms with E-state index in [1.807, 2.05) is 30.3 Å². The molecule has 2 aromatic carbocycles. The molecule has 6 nitrogen and oxygen atoms in total. The number of aromatic nitrogens is 4. The van der Waals surface area contributed by atoms with E-state index >= 15 is 0 Å². The number of rotatable bonds is 4. The van der Waals surface area contributed by atoms with Crippen LogP contribution in [0.4, 0.5) is 0 Å². The van der Waals surface area contributed by atoms with Crippen molar-refractivity contribution in [1.82, 2.24) is 20.2 Å². The van der Waals surface area contributed by atoms with E-state index in [4.69, 9.17) is 5.73 Å². The van der Waals surface area contributed by atoms with Gasteiger partial charge >= 0.3 is 0 Å². The van der Waals surface area contributed by atoms with Crippen LogP contribution in [0.15, 0.2) is 54.6 Å². The predicted octanol–water partition coefficient (Wildman–Crippen LogP) is 1.49. The van der Waals surface area contributed by atoms with Crippen LogP contribution in [0.5, 0.6) is 0 Å². The Bertz CT molecular complexity index is 749. The summed E-state index contributed by atoms with van der Waals surface area (Å²) in [6, 6.07) is 16.7. The highest BCUT2D eigenvalue weighted by Gasteiger charge is 2.07. The molecule has 0 atom stereocenters. The van der Waals surface area contributed by atoms with Gasteiger partial charge in [-0.3, -0.25) is 4.79 Å². The van der Waals surface area contributed by atoms with Crippen molar-refractivity contribution in [3.63, 3.8) is 0 Å². The highest BCUT2D eigenvalue weighted by molar-refractivity contribution is 5.93. The van der Waals surface area contributed by atoms with E-state index in [1.165, 1.54) is 4.80 Å². The average molecular weight is 279 g/mol. The van der Waals surface area contributed by atoms with Gasteiger partial charge in [-0.2, -0.15) is 4.80 Å². The van der Waals surface area contributed by atoms with Gasteiger partial charge in [-0.05, 0) is 22.9 Å². The third kappa shape index (κ3) is 2.94. The van der Waals surface area contributed by atoms with Crippen LogP contribution < -0.4 is 5.73 Å². The summed E-state index contributed by atoms with van der Waals surface area (Å²) >= 11 is 0. The second-order valence-corrected chi connectivity index (χ2v) is 4.57. The van der Waals surface area contributed by atoms with Crippen molar-refractivity contribution in [3.8, 4) is 11.4 Å². The van der Waals surface area contributed by atoms with Gasteiger partial charge in [0.1, 0.15) is 0 Å². The van der Waals surface area contributed by atoms with Gasteiger partial charge in [0.25, 0.3) is 0 Å². The highest BCUT2D eigenvalue weighted by Crippen LogP contribution is 2.14. The van der Waals surface area contributed by atoms with E-state index in [9.17, 15) is 4.79 Å². The number of amides is 1. The summed E-state index contributed by atoms with van der Waals surface area (Å²) in [5.41, 5.74) is 7.55. The molecule has 3 rings (SSSR count). The van der Waals surface area contributed by atoms with Crippen molar-refractivity contribution in [2.24, 2.45) is 5.73 Å². The number of benzene rings is 2. The van der Waals surface area contributed by atoms with Crippen LogP contribution in [0.3, 0.4) is 0 Å². The highest BCUT2D eigenvalue weighted by atomic mass is 16.1. The molecular formula is C15H13N5O. The molecular weight excluding hydrogens is 266 g/mol. The maximum absolute atomic E-state index is 11.0. The Kier molecular flexibility index (Phi) is 3.42. The maximum atomic E-state index is 11.0. The molecule has 0 radical (unpaired) electrons. The molecule has 2 N–H and O–H groups in total. The van der Waals surface area contributed by atoms with Crippen molar-refractivity contribution in [3.05, 3.63) is 65.7 Å². The lowest BCUT2D eigenvalue weighted by molar-refractivity contribution is 0.100. The summed E-state index contributed by atoms with van der Waals surface area (Å²) in [7, 11) is 0. The fourth-order valence-corrected chi connectivity index (χ4v) is 1.96.